The SMILES string of the molecule is NC(=O)C(NC(=O)c1ccc(OCC(F)(F)F)nc1)C(N)=O. The topological polar surface area (TPSA) is 137 Å². The molecule has 0 saturated carbocycles. The van der Waals surface area contributed by atoms with E-state index >= 15 is 0 Å². The van der Waals surface area contributed by atoms with Crippen molar-refractivity contribution >= 4 is 17.7 Å². The number of aromatic nitrogens is 1. The molecule has 0 radical (unpaired) electrons. The molecule has 120 valence electrons. The minimum absolute atomic E-state index is 0.133. The first-order chi connectivity index (χ1) is 10.1. The summed E-state index contributed by atoms with van der Waals surface area (Å²) in [5.41, 5.74) is 9.61. The van der Waals surface area contributed by atoms with E-state index < -0.39 is 36.5 Å². The Bertz CT molecular complexity index is 560. The normalized spacial score (nSPS) is 11.1. The molecule has 22 heavy (non-hydrogen) atoms. The van der Waals surface area contributed by atoms with E-state index in [1.54, 1.807) is 0 Å². The fourth-order valence-electron chi connectivity index (χ4n) is 1.25. The number of hydrogen-bond acceptors (Lipinski definition) is 5. The highest BCUT2D eigenvalue weighted by Gasteiger charge is 2.29. The van der Waals surface area contributed by atoms with Gasteiger partial charge < -0.3 is 21.5 Å². The molecule has 0 bridgehead atoms. The average molecular weight is 320 g/mol. The number of rotatable bonds is 6. The average Bonchev–Trinajstić information content (AvgIpc) is 2.41. The summed E-state index contributed by atoms with van der Waals surface area (Å²) >= 11 is 0. The van der Waals surface area contributed by atoms with Crippen molar-refractivity contribution in [1.29, 1.82) is 0 Å². The monoisotopic (exact) mass is 320 g/mol. The Hall–Kier alpha value is -2.85. The van der Waals surface area contributed by atoms with Gasteiger partial charge in [0.25, 0.3) is 5.91 Å². The maximum atomic E-state index is 11.9. The largest absolute Gasteiger partial charge is 0.468 e. The van der Waals surface area contributed by atoms with Crippen molar-refractivity contribution in [1.82, 2.24) is 10.3 Å². The molecule has 5 N–H and O–H groups in total. The minimum Gasteiger partial charge on any atom is -0.468 e. The number of halogens is 3. The van der Waals surface area contributed by atoms with Gasteiger partial charge in [-0.15, -0.1) is 0 Å². The first-order valence-electron chi connectivity index (χ1n) is 5.65. The van der Waals surface area contributed by atoms with Crippen LogP contribution in [0.2, 0.25) is 0 Å². The van der Waals surface area contributed by atoms with Crippen LogP contribution in [0.4, 0.5) is 13.2 Å². The summed E-state index contributed by atoms with van der Waals surface area (Å²) in [7, 11) is 0. The molecule has 0 aliphatic heterocycles. The van der Waals surface area contributed by atoms with Gasteiger partial charge in [-0.05, 0) is 6.07 Å². The Kier molecular flexibility index (Phi) is 5.27. The second-order valence-corrected chi connectivity index (χ2v) is 4.00. The standard InChI is InChI=1S/C11H11F3N4O4/c12-11(13,14)4-22-6-2-1-5(3-17-6)10(21)18-7(8(15)19)9(16)20/h1-3,7H,4H2,(H2,15,19)(H2,16,20)(H,18,21). The first kappa shape index (κ1) is 17.2. The highest BCUT2D eigenvalue weighted by molar-refractivity contribution is 6.08. The predicted molar refractivity (Wildman–Crippen MR) is 65.4 cm³/mol. The molecular formula is C11H11F3N4O4. The maximum Gasteiger partial charge on any atom is 0.422 e. The highest BCUT2D eigenvalue weighted by atomic mass is 19.4. The molecule has 0 spiro atoms. The Morgan fingerprint density at radius 3 is 2.23 bits per heavy atom. The van der Waals surface area contributed by atoms with E-state index in [-0.39, 0.29) is 11.4 Å². The van der Waals surface area contributed by atoms with Crippen molar-refractivity contribution in [2.24, 2.45) is 11.5 Å². The van der Waals surface area contributed by atoms with Crippen molar-refractivity contribution in [3.63, 3.8) is 0 Å². The van der Waals surface area contributed by atoms with Gasteiger partial charge in [0.05, 0.1) is 5.56 Å². The number of nitrogens with one attached hydrogen (secondary N) is 1. The van der Waals surface area contributed by atoms with E-state index in [1.165, 1.54) is 0 Å². The molecule has 3 amide bonds. The smallest absolute Gasteiger partial charge is 0.422 e. The van der Waals surface area contributed by atoms with Crippen LogP contribution in [0.3, 0.4) is 0 Å². The van der Waals surface area contributed by atoms with Gasteiger partial charge in [0.1, 0.15) is 0 Å². The number of pyridine rings is 1. The van der Waals surface area contributed by atoms with Crippen LogP contribution in [0.5, 0.6) is 5.88 Å². The van der Waals surface area contributed by atoms with Gasteiger partial charge in [-0.25, -0.2) is 4.98 Å². The summed E-state index contributed by atoms with van der Waals surface area (Å²) < 4.78 is 40.2. The van der Waals surface area contributed by atoms with Crippen LogP contribution in [-0.2, 0) is 9.59 Å². The zero-order valence-electron chi connectivity index (χ0n) is 10.9. The second-order valence-electron chi connectivity index (χ2n) is 4.00. The molecule has 0 aromatic carbocycles. The minimum atomic E-state index is -4.52. The van der Waals surface area contributed by atoms with Crippen molar-refractivity contribution in [2.75, 3.05) is 6.61 Å². The number of alkyl halides is 3. The molecule has 0 unspecified atom stereocenters. The zero-order chi connectivity index (χ0) is 16.9. The fraction of sp³-hybridized carbons (Fsp3) is 0.273. The number of nitrogens with two attached hydrogens (primary N) is 2. The fourth-order valence-corrected chi connectivity index (χ4v) is 1.25. The predicted octanol–water partition coefficient (Wildman–Crippen LogP) is -0.908. The Morgan fingerprint density at radius 1 is 1.23 bits per heavy atom. The molecule has 1 aromatic rings. The van der Waals surface area contributed by atoms with Crippen LogP contribution >= 0.6 is 0 Å². The van der Waals surface area contributed by atoms with Crippen molar-refractivity contribution < 1.29 is 32.3 Å². The van der Waals surface area contributed by atoms with Crippen LogP contribution in [-0.4, -0.2) is 41.5 Å². The summed E-state index contributed by atoms with van der Waals surface area (Å²) in [5.74, 6) is -3.56. The van der Waals surface area contributed by atoms with Gasteiger partial charge >= 0.3 is 6.18 Å². The quantitative estimate of drug-likeness (QED) is 0.583. The summed E-state index contributed by atoms with van der Waals surface area (Å²) in [6.07, 6.45) is -3.62. The van der Waals surface area contributed by atoms with E-state index in [0.717, 1.165) is 18.3 Å². The van der Waals surface area contributed by atoms with Crippen LogP contribution in [0.15, 0.2) is 18.3 Å². The maximum absolute atomic E-state index is 11.9. The highest BCUT2D eigenvalue weighted by Crippen LogP contribution is 2.17. The van der Waals surface area contributed by atoms with E-state index in [4.69, 9.17) is 11.5 Å². The van der Waals surface area contributed by atoms with E-state index in [2.05, 4.69) is 9.72 Å². The Labute approximate surface area is 121 Å². The third-order valence-electron chi connectivity index (χ3n) is 2.23. The third kappa shape index (κ3) is 5.26. The third-order valence-corrected chi connectivity index (χ3v) is 2.23. The van der Waals surface area contributed by atoms with E-state index in [1.807, 2.05) is 5.32 Å². The van der Waals surface area contributed by atoms with Crippen molar-refractivity contribution in [2.45, 2.75) is 12.2 Å². The Morgan fingerprint density at radius 2 is 1.82 bits per heavy atom. The number of ether oxygens (including phenoxy) is 1. The summed E-state index contributed by atoms with van der Waals surface area (Å²) in [6, 6.07) is 0.394. The van der Waals surface area contributed by atoms with Crippen LogP contribution in [0.1, 0.15) is 10.4 Å². The van der Waals surface area contributed by atoms with Gasteiger partial charge in [-0.2, -0.15) is 13.2 Å². The lowest BCUT2D eigenvalue weighted by Gasteiger charge is -2.12. The number of hydrogen-bond donors (Lipinski definition) is 3. The lowest BCUT2D eigenvalue weighted by molar-refractivity contribution is -0.154. The molecule has 1 aromatic heterocycles. The number of amides is 3. The number of carbonyl (C=O) groups excluding carboxylic acids is 3. The molecule has 0 saturated heterocycles. The summed E-state index contributed by atoms with van der Waals surface area (Å²) in [6.45, 7) is -1.53. The molecular weight excluding hydrogens is 309 g/mol. The molecule has 1 rings (SSSR count). The van der Waals surface area contributed by atoms with Crippen LogP contribution in [0, 0.1) is 0 Å². The number of primary amides is 2. The zero-order valence-corrected chi connectivity index (χ0v) is 10.9. The van der Waals surface area contributed by atoms with Gasteiger partial charge in [0.2, 0.25) is 17.7 Å². The Balaban J connectivity index is 2.71. The van der Waals surface area contributed by atoms with E-state index in [9.17, 15) is 27.6 Å². The molecule has 8 nitrogen and oxygen atoms in total. The molecule has 0 fully saturated rings. The van der Waals surface area contributed by atoms with Crippen LogP contribution < -0.4 is 21.5 Å². The summed E-state index contributed by atoms with van der Waals surface area (Å²) in [5, 5.41) is 1.96. The van der Waals surface area contributed by atoms with Gasteiger partial charge in [0.15, 0.2) is 12.6 Å². The van der Waals surface area contributed by atoms with Gasteiger partial charge in [-0.1, -0.05) is 0 Å². The molecule has 0 aliphatic carbocycles. The lowest BCUT2D eigenvalue weighted by Crippen LogP contribution is -2.52. The van der Waals surface area contributed by atoms with Crippen LogP contribution in [0.25, 0.3) is 0 Å². The van der Waals surface area contributed by atoms with Gasteiger partial charge in [-0.3, -0.25) is 14.4 Å². The van der Waals surface area contributed by atoms with Crippen molar-refractivity contribution in [3.8, 4) is 5.88 Å². The lowest BCUT2D eigenvalue weighted by atomic mass is 10.2. The van der Waals surface area contributed by atoms with Gasteiger partial charge in [0, 0.05) is 12.3 Å². The molecule has 11 heteroatoms. The molecule has 1 heterocycles. The summed E-state index contributed by atoms with van der Waals surface area (Å²) in [4.78, 5) is 37.0. The molecule has 0 aliphatic rings. The number of carbonyl (C=O) groups is 3. The number of nitrogens with zero attached hydrogens (tertiary/aromatic N) is 1. The van der Waals surface area contributed by atoms with Crippen molar-refractivity contribution in [3.05, 3.63) is 23.9 Å². The first-order valence-corrected chi connectivity index (χ1v) is 5.65. The second kappa shape index (κ2) is 6.74. The molecule has 0 atom stereocenters. The van der Waals surface area contributed by atoms with E-state index in [0.29, 0.717) is 0 Å².